The molecule has 6 heteroatoms. The molecule has 5 nitrogen and oxygen atoms in total. The quantitative estimate of drug-likeness (QED) is 0.738. The first-order valence-corrected chi connectivity index (χ1v) is 8.86. The second-order valence-corrected chi connectivity index (χ2v) is 6.68. The van der Waals surface area contributed by atoms with Crippen molar-refractivity contribution in [3.63, 3.8) is 0 Å². The van der Waals surface area contributed by atoms with Crippen LogP contribution in [0, 0.1) is 11.8 Å². The smallest absolute Gasteiger partial charge is 0.220 e. The molecule has 1 aliphatic heterocycles. The molecule has 1 aromatic carbocycles. The van der Waals surface area contributed by atoms with Gasteiger partial charge < -0.3 is 20.1 Å². The lowest BCUT2D eigenvalue weighted by molar-refractivity contribution is -0.122. The molecule has 1 amide bonds. The predicted molar refractivity (Wildman–Crippen MR) is 103 cm³/mol. The van der Waals surface area contributed by atoms with Crippen LogP contribution in [-0.2, 0) is 4.79 Å². The van der Waals surface area contributed by atoms with Gasteiger partial charge in [0.05, 0.1) is 13.7 Å². The first-order valence-electron chi connectivity index (χ1n) is 8.86. The Morgan fingerprint density at radius 1 is 1.28 bits per heavy atom. The molecule has 1 aromatic rings. The number of carbonyl (C=O) groups excluding carboxylic acids is 1. The molecular formula is C19H31ClN2O3. The molecule has 2 unspecified atom stereocenters. The molecule has 0 spiro atoms. The molecule has 1 saturated heterocycles. The van der Waals surface area contributed by atoms with E-state index in [4.69, 9.17) is 9.47 Å². The van der Waals surface area contributed by atoms with Crippen molar-refractivity contribution in [2.45, 2.75) is 39.2 Å². The molecule has 0 bridgehead atoms. The highest BCUT2D eigenvalue weighted by Crippen LogP contribution is 2.24. The van der Waals surface area contributed by atoms with Gasteiger partial charge in [0.25, 0.3) is 0 Å². The van der Waals surface area contributed by atoms with Gasteiger partial charge >= 0.3 is 0 Å². The number of carbonyl (C=O) groups is 1. The lowest BCUT2D eigenvalue weighted by Gasteiger charge is -2.28. The van der Waals surface area contributed by atoms with E-state index in [-0.39, 0.29) is 24.4 Å². The summed E-state index contributed by atoms with van der Waals surface area (Å²) in [6, 6.07) is 7.50. The largest absolute Gasteiger partial charge is 0.497 e. The predicted octanol–water partition coefficient (Wildman–Crippen LogP) is 3.03. The Hall–Kier alpha value is -1.46. The fourth-order valence-electron chi connectivity index (χ4n) is 3.15. The second kappa shape index (κ2) is 11.2. The summed E-state index contributed by atoms with van der Waals surface area (Å²) in [5, 5.41) is 6.36. The van der Waals surface area contributed by atoms with Gasteiger partial charge in [0, 0.05) is 12.5 Å². The Morgan fingerprint density at radius 3 is 2.64 bits per heavy atom. The molecule has 0 saturated carbocycles. The monoisotopic (exact) mass is 370 g/mol. The van der Waals surface area contributed by atoms with Crippen LogP contribution >= 0.6 is 12.4 Å². The number of hydrogen-bond donors (Lipinski definition) is 2. The van der Waals surface area contributed by atoms with E-state index in [2.05, 4.69) is 17.6 Å². The molecular weight excluding hydrogens is 340 g/mol. The topological polar surface area (TPSA) is 59.6 Å². The fourth-order valence-corrected chi connectivity index (χ4v) is 3.15. The molecule has 25 heavy (non-hydrogen) atoms. The van der Waals surface area contributed by atoms with E-state index in [0.29, 0.717) is 24.8 Å². The number of nitrogens with one attached hydrogen (secondary N) is 2. The maximum atomic E-state index is 12.2. The summed E-state index contributed by atoms with van der Waals surface area (Å²) >= 11 is 0. The van der Waals surface area contributed by atoms with E-state index < -0.39 is 0 Å². The molecule has 0 aromatic heterocycles. The highest BCUT2D eigenvalue weighted by atomic mass is 35.5. The molecule has 142 valence electrons. The average Bonchev–Trinajstić information content (AvgIpc) is 2.61. The summed E-state index contributed by atoms with van der Waals surface area (Å²) in [6.07, 6.45) is 2.85. The van der Waals surface area contributed by atoms with E-state index in [1.807, 2.05) is 31.2 Å². The Balaban J connectivity index is 0.00000312. The second-order valence-electron chi connectivity index (χ2n) is 6.68. The summed E-state index contributed by atoms with van der Waals surface area (Å²) in [4.78, 5) is 12.2. The van der Waals surface area contributed by atoms with Crippen LogP contribution in [0.1, 0.15) is 33.1 Å². The molecule has 1 fully saturated rings. The summed E-state index contributed by atoms with van der Waals surface area (Å²) in [6.45, 7) is 6.79. The molecule has 2 rings (SSSR count). The van der Waals surface area contributed by atoms with E-state index in [1.54, 1.807) is 7.11 Å². The van der Waals surface area contributed by atoms with Crippen molar-refractivity contribution in [2.75, 3.05) is 26.7 Å². The first kappa shape index (κ1) is 21.6. The highest BCUT2D eigenvalue weighted by molar-refractivity contribution is 5.85. The number of amides is 1. The first-order chi connectivity index (χ1) is 11.6. The van der Waals surface area contributed by atoms with Gasteiger partial charge in [-0.05, 0) is 56.8 Å². The molecule has 0 radical (unpaired) electrons. The number of benzene rings is 1. The summed E-state index contributed by atoms with van der Waals surface area (Å²) in [7, 11) is 1.63. The molecule has 0 aliphatic carbocycles. The zero-order valence-corrected chi connectivity index (χ0v) is 16.2. The van der Waals surface area contributed by atoms with Crippen LogP contribution < -0.4 is 20.1 Å². The van der Waals surface area contributed by atoms with E-state index in [1.165, 1.54) is 12.8 Å². The maximum Gasteiger partial charge on any atom is 0.220 e. The van der Waals surface area contributed by atoms with Crippen LogP contribution in [0.25, 0.3) is 0 Å². The van der Waals surface area contributed by atoms with Crippen molar-refractivity contribution in [3.8, 4) is 11.5 Å². The van der Waals surface area contributed by atoms with E-state index >= 15 is 0 Å². The molecule has 2 N–H and O–H groups in total. The standard InChI is InChI=1S/C19H30N2O3.ClH/c1-14(16-7-9-20-10-8-16)11-19(22)21-13-15(2)24-18-6-4-5-17(12-18)23-3;/h4-6,12,14-16,20H,7-11,13H2,1-3H3,(H,21,22);1H. The van der Waals surface area contributed by atoms with Gasteiger partial charge in [-0.3, -0.25) is 4.79 Å². The minimum absolute atomic E-state index is 0. The van der Waals surface area contributed by atoms with Crippen LogP contribution in [0.5, 0.6) is 11.5 Å². The summed E-state index contributed by atoms with van der Waals surface area (Å²) in [5.41, 5.74) is 0. The van der Waals surface area contributed by atoms with Crippen molar-refractivity contribution in [2.24, 2.45) is 11.8 Å². The van der Waals surface area contributed by atoms with Gasteiger partial charge in [0.2, 0.25) is 5.91 Å². The Morgan fingerprint density at radius 2 is 1.96 bits per heavy atom. The van der Waals surface area contributed by atoms with Crippen molar-refractivity contribution in [1.82, 2.24) is 10.6 Å². The molecule has 1 aliphatic rings. The summed E-state index contributed by atoms with van der Waals surface area (Å²) in [5.74, 6) is 2.71. The Kier molecular flexibility index (Phi) is 9.68. The van der Waals surface area contributed by atoms with Gasteiger partial charge in [0.1, 0.15) is 17.6 Å². The highest BCUT2D eigenvalue weighted by Gasteiger charge is 2.22. The number of rotatable bonds is 8. The normalized spacial score (nSPS) is 17.1. The van der Waals surface area contributed by atoms with Crippen LogP contribution in [0.2, 0.25) is 0 Å². The number of piperidine rings is 1. The van der Waals surface area contributed by atoms with Crippen molar-refractivity contribution in [3.05, 3.63) is 24.3 Å². The third-order valence-electron chi connectivity index (χ3n) is 4.66. The van der Waals surface area contributed by atoms with Gasteiger partial charge in [-0.15, -0.1) is 12.4 Å². The Bertz CT molecular complexity index is 521. The van der Waals surface area contributed by atoms with Gasteiger partial charge in [0.15, 0.2) is 0 Å². The molecule has 2 atom stereocenters. The third kappa shape index (κ3) is 7.53. The van der Waals surface area contributed by atoms with Gasteiger partial charge in [-0.1, -0.05) is 13.0 Å². The minimum Gasteiger partial charge on any atom is -0.497 e. The zero-order valence-electron chi connectivity index (χ0n) is 15.4. The number of halogens is 1. The molecule has 1 heterocycles. The summed E-state index contributed by atoms with van der Waals surface area (Å²) < 4.78 is 11.0. The zero-order chi connectivity index (χ0) is 17.4. The third-order valence-corrected chi connectivity index (χ3v) is 4.66. The minimum atomic E-state index is -0.0877. The van der Waals surface area contributed by atoms with Crippen LogP contribution in [0.3, 0.4) is 0 Å². The number of hydrogen-bond acceptors (Lipinski definition) is 4. The van der Waals surface area contributed by atoms with Crippen molar-refractivity contribution in [1.29, 1.82) is 0 Å². The lowest BCUT2D eigenvalue weighted by atomic mass is 9.84. The number of ether oxygens (including phenoxy) is 2. The number of methoxy groups -OCH3 is 1. The average molecular weight is 371 g/mol. The van der Waals surface area contributed by atoms with Crippen LogP contribution in [-0.4, -0.2) is 38.8 Å². The van der Waals surface area contributed by atoms with E-state index in [0.717, 1.165) is 24.6 Å². The van der Waals surface area contributed by atoms with Gasteiger partial charge in [-0.25, -0.2) is 0 Å². The fraction of sp³-hybridized carbons (Fsp3) is 0.632. The van der Waals surface area contributed by atoms with Crippen molar-refractivity contribution < 1.29 is 14.3 Å². The SMILES string of the molecule is COc1cccc(OC(C)CNC(=O)CC(C)C2CCNCC2)c1.Cl. The van der Waals surface area contributed by atoms with Crippen LogP contribution in [0.15, 0.2) is 24.3 Å². The van der Waals surface area contributed by atoms with Crippen molar-refractivity contribution >= 4 is 18.3 Å². The Labute approximate surface area is 157 Å². The van der Waals surface area contributed by atoms with Gasteiger partial charge in [-0.2, -0.15) is 0 Å². The van der Waals surface area contributed by atoms with E-state index in [9.17, 15) is 4.79 Å². The lowest BCUT2D eigenvalue weighted by Crippen LogP contribution is -2.36. The van der Waals surface area contributed by atoms with Crippen LogP contribution in [0.4, 0.5) is 0 Å². The maximum absolute atomic E-state index is 12.2.